The molecule has 0 saturated carbocycles. The molecule has 3 aromatic rings. The van der Waals surface area contributed by atoms with Crippen molar-refractivity contribution in [2.75, 3.05) is 6.54 Å². The minimum atomic E-state index is 0.498. The Balaban J connectivity index is 1.56. The Bertz CT molecular complexity index is 764. The molecular weight excluding hydrogens is 304 g/mol. The second-order valence-corrected chi connectivity index (χ2v) is 6.99. The molecule has 1 aliphatic rings. The van der Waals surface area contributed by atoms with Crippen LogP contribution in [-0.2, 0) is 6.54 Å². The van der Waals surface area contributed by atoms with E-state index in [0.29, 0.717) is 6.04 Å². The molecule has 1 unspecified atom stereocenters. The maximum absolute atomic E-state index is 5.88. The number of rotatable bonds is 4. The van der Waals surface area contributed by atoms with Gasteiger partial charge in [0.15, 0.2) is 0 Å². The van der Waals surface area contributed by atoms with E-state index in [1.165, 1.54) is 18.4 Å². The molecule has 3 heterocycles. The van der Waals surface area contributed by atoms with Crippen LogP contribution in [0.5, 0.6) is 0 Å². The molecule has 4 rings (SSSR count). The van der Waals surface area contributed by atoms with Gasteiger partial charge in [0.05, 0.1) is 10.6 Å². The lowest BCUT2D eigenvalue weighted by Gasteiger charge is -2.24. The summed E-state index contributed by atoms with van der Waals surface area (Å²) in [6.07, 6.45) is 2.47. The van der Waals surface area contributed by atoms with Crippen LogP contribution in [0.3, 0.4) is 0 Å². The molecule has 0 aliphatic carbocycles. The lowest BCUT2D eigenvalue weighted by atomic mass is 10.0. The molecule has 0 amide bonds. The smallest absolute Gasteiger partial charge is 0.236 e. The number of benzene rings is 1. The Morgan fingerprint density at radius 3 is 2.87 bits per heavy atom. The summed E-state index contributed by atoms with van der Waals surface area (Å²) < 4.78 is 5.88. The van der Waals surface area contributed by atoms with E-state index in [2.05, 4.69) is 46.7 Å². The third kappa shape index (κ3) is 2.96. The van der Waals surface area contributed by atoms with Gasteiger partial charge in [-0.15, -0.1) is 11.3 Å². The third-order valence-electron chi connectivity index (χ3n) is 4.53. The van der Waals surface area contributed by atoms with Crippen molar-refractivity contribution in [2.24, 2.45) is 0 Å². The van der Waals surface area contributed by atoms with E-state index in [0.717, 1.165) is 35.3 Å². The van der Waals surface area contributed by atoms with Gasteiger partial charge in [-0.2, -0.15) is 0 Å². The fourth-order valence-corrected chi connectivity index (χ4v) is 3.99. The van der Waals surface area contributed by atoms with Crippen molar-refractivity contribution < 1.29 is 4.42 Å². The SMILES string of the molecule is Cc1oc(-c2cccs2)nc1CN1CCCC1c1ccccc1. The first kappa shape index (κ1) is 14.7. The number of hydrogen-bond acceptors (Lipinski definition) is 4. The molecule has 2 aromatic heterocycles. The summed E-state index contributed by atoms with van der Waals surface area (Å²) in [5.74, 6) is 1.69. The van der Waals surface area contributed by atoms with Crippen molar-refractivity contribution in [1.29, 1.82) is 0 Å². The average Bonchev–Trinajstić information content (AvgIpc) is 3.30. The van der Waals surface area contributed by atoms with E-state index >= 15 is 0 Å². The molecule has 0 bridgehead atoms. The van der Waals surface area contributed by atoms with Crippen LogP contribution < -0.4 is 0 Å². The highest BCUT2D eigenvalue weighted by atomic mass is 32.1. The van der Waals surface area contributed by atoms with Crippen LogP contribution in [0.1, 0.15) is 35.9 Å². The molecule has 3 nitrogen and oxygen atoms in total. The van der Waals surface area contributed by atoms with Crippen LogP contribution >= 0.6 is 11.3 Å². The van der Waals surface area contributed by atoms with Crippen molar-refractivity contribution in [3.63, 3.8) is 0 Å². The molecular formula is C19H20N2OS. The Hall–Kier alpha value is -1.91. The number of hydrogen-bond donors (Lipinski definition) is 0. The van der Waals surface area contributed by atoms with Crippen LogP contribution in [0, 0.1) is 6.92 Å². The fraction of sp³-hybridized carbons (Fsp3) is 0.316. The van der Waals surface area contributed by atoms with Crippen molar-refractivity contribution >= 4 is 11.3 Å². The van der Waals surface area contributed by atoms with E-state index < -0.39 is 0 Å². The molecule has 0 spiro atoms. The van der Waals surface area contributed by atoms with Crippen molar-refractivity contribution in [3.8, 4) is 10.8 Å². The van der Waals surface area contributed by atoms with Crippen molar-refractivity contribution in [1.82, 2.24) is 9.88 Å². The van der Waals surface area contributed by atoms with Crippen LogP contribution in [0.25, 0.3) is 10.8 Å². The van der Waals surface area contributed by atoms with Crippen LogP contribution in [0.2, 0.25) is 0 Å². The monoisotopic (exact) mass is 324 g/mol. The van der Waals surface area contributed by atoms with E-state index in [-0.39, 0.29) is 0 Å². The first-order chi connectivity index (χ1) is 11.3. The molecule has 23 heavy (non-hydrogen) atoms. The summed E-state index contributed by atoms with van der Waals surface area (Å²) in [7, 11) is 0. The third-order valence-corrected chi connectivity index (χ3v) is 5.38. The molecule has 1 aliphatic heterocycles. The average molecular weight is 324 g/mol. The minimum absolute atomic E-state index is 0.498. The highest BCUT2D eigenvalue weighted by Crippen LogP contribution is 2.34. The normalized spacial score (nSPS) is 18.6. The van der Waals surface area contributed by atoms with Gasteiger partial charge >= 0.3 is 0 Å². The van der Waals surface area contributed by atoms with Gasteiger partial charge in [0.2, 0.25) is 5.89 Å². The van der Waals surface area contributed by atoms with Gasteiger partial charge in [-0.05, 0) is 43.3 Å². The molecule has 118 valence electrons. The first-order valence-electron chi connectivity index (χ1n) is 8.10. The van der Waals surface area contributed by atoms with Gasteiger partial charge in [-0.3, -0.25) is 4.90 Å². The maximum atomic E-state index is 5.88. The summed E-state index contributed by atoms with van der Waals surface area (Å²) >= 11 is 1.67. The molecule has 1 atom stereocenters. The lowest BCUT2D eigenvalue weighted by Crippen LogP contribution is -2.23. The number of aryl methyl sites for hydroxylation is 1. The second-order valence-electron chi connectivity index (χ2n) is 6.04. The number of likely N-dealkylation sites (tertiary alicyclic amines) is 1. The fourth-order valence-electron chi connectivity index (χ4n) is 3.34. The summed E-state index contributed by atoms with van der Waals surface area (Å²) in [6.45, 7) is 4.01. The van der Waals surface area contributed by atoms with Crippen LogP contribution in [0.4, 0.5) is 0 Å². The van der Waals surface area contributed by atoms with Crippen LogP contribution in [-0.4, -0.2) is 16.4 Å². The summed E-state index contributed by atoms with van der Waals surface area (Å²) in [5.41, 5.74) is 2.47. The Kier molecular flexibility index (Phi) is 4.02. The van der Waals surface area contributed by atoms with E-state index in [1.807, 2.05) is 13.0 Å². The van der Waals surface area contributed by atoms with Crippen molar-refractivity contribution in [2.45, 2.75) is 32.4 Å². The van der Waals surface area contributed by atoms with Gasteiger partial charge in [-0.1, -0.05) is 36.4 Å². The predicted molar refractivity (Wildman–Crippen MR) is 93.4 cm³/mol. The summed E-state index contributed by atoms with van der Waals surface area (Å²) in [4.78, 5) is 8.37. The molecule has 0 N–H and O–H groups in total. The van der Waals surface area contributed by atoms with Gasteiger partial charge in [0.25, 0.3) is 0 Å². The van der Waals surface area contributed by atoms with Gasteiger partial charge in [-0.25, -0.2) is 4.98 Å². The highest BCUT2D eigenvalue weighted by Gasteiger charge is 2.27. The van der Waals surface area contributed by atoms with E-state index in [9.17, 15) is 0 Å². The number of nitrogens with zero attached hydrogens (tertiary/aromatic N) is 2. The maximum Gasteiger partial charge on any atom is 0.236 e. The number of thiophene rings is 1. The number of aromatic nitrogens is 1. The van der Waals surface area contributed by atoms with E-state index in [1.54, 1.807) is 11.3 Å². The summed E-state index contributed by atoms with van der Waals surface area (Å²) in [6, 6.07) is 15.4. The number of oxazole rings is 1. The molecule has 4 heteroatoms. The first-order valence-corrected chi connectivity index (χ1v) is 8.98. The summed E-state index contributed by atoms with van der Waals surface area (Å²) in [5, 5.41) is 2.06. The zero-order valence-electron chi connectivity index (χ0n) is 13.2. The molecule has 1 fully saturated rings. The lowest BCUT2D eigenvalue weighted by molar-refractivity contribution is 0.244. The Labute approximate surface area is 140 Å². The van der Waals surface area contributed by atoms with Gasteiger partial charge < -0.3 is 4.42 Å². The topological polar surface area (TPSA) is 29.3 Å². The van der Waals surface area contributed by atoms with Crippen LogP contribution in [0.15, 0.2) is 52.3 Å². The molecule has 1 saturated heterocycles. The molecule has 1 aromatic carbocycles. The Morgan fingerprint density at radius 2 is 2.09 bits per heavy atom. The largest absolute Gasteiger partial charge is 0.440 e. The zero-order chi connectivity index (χ0) is 15.6. The van der Waals surface area contributed by atoms with Gasteiger partial charge in [0.1, 0.15) is 5.76 Å². The minimum Gasteiger partial charge on any atom is -0.440 e. The zero-order valence-corrected chi connectivity index (χ0v) is 14.1. The van der Waals surface area contributed by atoms with E-state index in [4.69, 9.17) is 9.40 Å². The predicted octanol–water partition coefficient (Wildman–Crippen LogP) is 5.05. The highest BCUT2D eigenvalue weighted by molar-refractivity contribution is 7.13. The van der Waals surface area contributed by atoms with Gasteiger partial charge in [0, 0.05) is 12.6 Å². The quantitative estimate of drug-likeness (QED) is 0.672. The second kappa shape index (κ2) is 6.30. The van der Waals surface area contributed by atoms with Crippen molar-refractivity contribution in [3.05, 3.63) is 64.9 Å². The standard InChI is InChI=1S/C19H20N2OS/c1-14-16(20-19(22-14)18-10-6-12-23-18)13-21-11-5-9-17(21)15-7-3-2-4-8-15/h2-4,6-8,10,12,17H,5,9,11,13H2,1H3. The molecule has 0 radical (unpaired) electrons. The Morgan fingerprint density at radius 1 is 1.22 bits per heavy atom.